The lowest BCUT2D eigenvalue weighted by molar-refractivity contribution is -0.127. The van der Waals surface area contributed by atoms with Crippen LogP contribution in [0.4, 0.5) is 0 Å². The highest BCUT2D eigenvalue weighted by atomic mass is 16.5. The molecule has 0 amide bonds. The van der Waals surface area contributed by atoms with Crippen LogP contribution in [0.5, 0.6) is 5.75 Å². The molecule has 0 atom stereocenters. The number of rotatable bonds is 3. The molecule has 0 aliphatic heterocycles. The van der Waals surface area contributed by atoms with Crippen LogP contribution >= 0.6 is 0 Å². The van der Waals surface area contributed by atoms with Gasteiger partial charge in [0.15, 0.2) is 0 Å². The Labute approximate surface area is 100 Å². The van der Waals surface area contributed by atoms with Gasteiger partial charge < -0.3 is 4.74 Å². The van der Waals surface area contributed by atoms with E-state index in [1.165, 1.54) is 0 Å². The number of ether oxygens (including phenoxy) is 1. The average molecular weight is 224 g/mol. The van der Waals surface area contributed by atoms with Gasteiger partial charge in [0.05, 0.1) is 5.57 Å². The summed E-state index contributed by atoms with van der Waals surface area (Å²) in [5.41, 5.74) is 1.13. The van der Waals surface area contributed by atoms with Gasteiger partial charge in [-0.15, -0.1) is 0 Å². The molecule has 2 aromatic rings. The molecule has 2 rings (SSSR count). The fourth-order valence-electron chi connectivity index (χ4n) is 1.41. The van der Waals surface area contributed by atoms with Crippen molar-refractivity contribution < 1.29 is 9.53 Å². The second kappa shape index (κ2) is 5.12. The lowest BCUT2D eigenvalue weighted by Crippen LogP contribution is -2.09. The smallest absolute Gasteiger partial charge is 0.343 e. The molecule has 2 nitrogen and oxygen atoms in total. The highest BCUT2D eigenvalue weighted by Gasteiger charge is 2.11. The van der Waals surface area contributed by atoms with Crippen molar-refractivity contribution in [1.29, 1.82) is 0 Å². The Balaban J connectivity index is 2.09. The van der Waals surface area contributed by atoms with E-state index in [1.807, 2.05) is 48.5 Å². The number of para-hydroxylation sites is 1. The van der Waals surface area contributed by atoms with Crippen LogP contribution in [0, 0.1) is 0 Å². The molecule has 0 N–H and O–H groups in total. The van der Waals surface area contributed by atoms with Crippen molar-refractivity contribution in [2.75, 3.05) is 0 Å². The summed E-state index contributed by atoms with van der Waals surface area (Å²) in [6.45, 7) is 3.75. The molecule has 0 spiro atoms. The zero-order valence-electron chi connectivity index (χ0n) is 9.30. The lowest BCUT2D eigenvalue weighted by Gasteiger charge is -2.06. The van der Waals surface area contributed by atoms with Crippen molar-refractivity contribution >= 4 is 11.5 Å². The lowest BCUT2D eigenvalue weighted by atomic mass is 10.1. The molecular weight excluding hydrogens is 212 g/mol. The maximum Gasteiger partial charge on any atom is 0.343 e. The second-order valence-electron chi connectivity index (χ2n) is 3.55. The van der Waals surface area contributed by atoms with Crippen LogP contribution in [-0.2, 0) is 4.79 Å². The number of benzene rings is 2. The van der Waals surface area contributed by atoms with E-state index < -0.39 is 5.97 Å². The van der Waals surface area contributed by atoms with E-state index in [-0.39, 0.29) is 0 Å². The Morgan fingerprint density at radius 3 is 2.00 bits per heavy atom. The number of hydrogen-bond donors (Lipinski definition) is 0. The zero-order valence-corrected chi connectivity index (χ0v) is 9.30. The molecule has 0 unspecified atom stereocenters. The molecule has 0 saturated heterocycles. The highest BCUT2D eigenvalue weighted by Crippen LogP contribution is 2.16. The Bertz CT molecular complexity index is 515. The fraction of sp³-hybridized carbons (Fsp3) is 0. The first-order chi connectivity index (χ1) is 8.27. The Morgan fingerprint density at radius 2 is 1.41 bits per heavy atom. The van der Waals surface area contributed by atoms with Crippen LogP contribution in [0.1, 0.15) is 5.56 Å². The normalized spacial score (nSPS) is 9.65. The van der Waals surface area contributed by atoms with Gasteiger partial charge in [0.2, 0.25) is 0 Å². The second-order valence-corrected chi connectivity index (χ2v) is 3.55. The molecule has 0 radical (unpaired) electrons. The van der Waals surface area contributed by atoms with Crippen molar-refractivity contribution in [1.82, 2.24) is 0 Å². The summed E-state index contributed by atoms with van der Waals surface area (Å²) < 4.78 is 5.19. The number of esters is 1. The summed E-state index contributed by atoms with van der Waals surface area (Å²) in [6, 6.07) is 18.2. The minimum atomic E-state index is -0.428. The molecular formula is C15H12O2. The number of carbonyl (C=O) groups excluding carboxylic acids is 1. The van der Waals surface area contributed by atoms with Gasteiger partial charge in [0.25, 0.3) is 0 Å². The molecule has 0 fully saturated rings. The summed E-state index contributed by atoms with van der Waals surface area (Å²) >= 11 is 0. The molecule has 17 heavy (non-hydrogen) atoms. The van der Waals surface area contributed by atoms with Crippen molar-refractivity contribution in [2.45, 2.75) is 0 Å². The molecule has 0 aliphatic carbocycles. The molecule has 2 heteroatoms. The van der Waals surface area contributed by atoms with Gasteiger partial charge in [-0.1, -0.05) is 55.1 Å². The standard InChI is InChI=1S/C15H12O2/c1-12(13-8-4-2-5-9-13)15(16)17-14-10-6-3-7-11-14/h2-11H,1H2. The predicted octanol–water partition coefficient (Wildman–Crippen LogP) is 3.31. The number of carbonyl (C=O) groups is 1. The number of hydrogen-bond acceptors (Lipinski definition) is 2. The van der Waals surface area contributed by atoms with E-state index in [1.54, 1.807) is 12.1 Å². The van der Waals surface area contributed by atoms with Crippen LogP contribution in [0.15, 0.2) is 67.2 Å². The highest BCUT2D eigenvalue weighted by molar-refractivity contribution is 6.16. The van der Waals surface area contributed by atoms with Gasteiger partial charge >= 0.3 is 5.97 Å². The van der Waals surface area contributed by atoms with Gasteiger partial charge in [-0.05, 0) is 17.7 Å². The van der Waals surface area contributed by atoms with Crippen LogP contribution in [0.2, 0.25) is 0 Å². The van der Waals surface area contributed by atoms with E-state index in [0.29, 0.717) is 11.3 Å². The first kappa shape index (κ1) is 11.1. The summed E-state index contributed by atoms with van der Waals surface area (Å²) in [5.74, 6) is 0.0944. The van der Waals surface area contributed by atoms with Crippen molar-refractivity contribution in [3.8, 4) is 5.75 Å². The molecule has 2 aromatic carbocycles. The van der Waals surface area contributed by atoms with Crippen molar-refractivity contribution in [3.63, 3.8) is 0 Å². The van der Waals surface area contributed by atoms with E-state index in [0.717, 1.165) is 5.56 Å². The third kappa shape index (κ3) is 2.82. The third-order valence-electron chi connectivity index (χ3n) is 2.32. The third-order valence-corrected chi connectivity index (χ3v) is 2.32. The molecule has 84 valence electrons. The topological polar surface area (TPSA) is 26.3 Å². The van der Waals surface area contributed by atoms with Gasteiger partial charge in [-0.25, -0.2) is 4.79 Å². The molecule has 0 saturated carbocycles. The van der Waals surface area contributed by atoms with Crippen molar-refractivity contribution in [3.05, 3.63) is 72.8 Å². The summed E-state index contributed by atoms with van der Waals surface area (Å²) in [4.78, 5) is 11.8. The Morgan fingerprint density at radius 1 is 0.882 bits per heavy atom. The van der Waals surface area contributed by atoms with Crippen LogP contribution in [0.25, 0.3) is 5.57 Å². The van der Waals surface area contributed by atoms with Crippen LogP contribution in [0.3, 0.4) is 0 Å². The van der Waals surface area contributed by atoms with Crippen LogP contribution < -0.4 is 4.74 Å². The summed E-state index contributed by atoms with van der Waals surface area (Å²) in [7, 11) is 0. The van der Waals surface area contributed by atoms with Crippen molar-refractivity contribution in [2.24, 2.45) is 0 Å². The molecule has 0 heterocycles. The maximum atomic E-state index is 11.8. The molecule has 0 aromatic heterocycles. The monoisotopic (exact) mass is 224 g/mol. The van der Waals surface area contributed by atoms with Gasteiger partial charge in [-0.2, -0.15) is 0 Å². The van der Waals surface area contributed by atoms with E-state index in [4.69, 9.17) is 4.74 Å². The maximum absolute atomic E-state index is 11.8. The average Bonchev–Trinajstić information content (AvgIpc) is 2.40. The predicted molar refractivity (Wildman–Crippen MR) is 67.6 cm³/mol. The summed E-state index contributed by atoms with van der Waals surface area (Å²) in [5, 5.41) is 0. The van der Waals surface area contributed by atoms with E-state index >= 15 is 0 Å². The van der Waals surface area contributed by atoms with Gasteiger partial charge in [0, 0.05) is 0 Å². The van der Waals surface area contributed by atoms with Crippen LogP contribution in [-0.4, -0.2) is 5.97 Å². The van der Waals surface area contributed by atoms with Gasteiger partial charge in [0.1, 0.15) is 5.75 Å². The minimum absolute atomic E-state index is 0.356. The first-order valence-electron chi connectivity index (χ1n) is 5.29. The Kier molecular flexibility index (Phi) is 3.36. The fourth-order valence-corrected chi connectivity index (χ4v) is 1.41. The molecule has 0 bridgehead atoms. The van der Waals surface area contributed by atoms with E-state index in [2.05, 4.69) is 6.58 Å². The Hall–Kier alpha value is -2.35. The zero-order chi connectivity index (χ0) is 12.1. The first-order valence-corrected chi connectivity index (χ1v) is 5.29. The largest absolute Gasteiger partial charge is 0.423 e. The van der Waals surface area contributed by atoms with Gasteiger partial charge in [-0.3, -0.25) is 0 Å². The molecule has 0 aliphatic rings. The van der Waals surface area contributed by atoms with E-state index in [9.17, 15) is 4.79 Å². The quantitative estimate of drug-likeness (QED) is 0.454. The SMILES string of the molecule is C=C(C(=O)Oc1ccccc1)c1ccccc1. The summed E-state index contributed by atoms with van der Waals surface area (Å²) in [6.07, 6.45) is 0. The minimum Gasteiger partial charge on any atom is -0.423 e.